The molecule has 0 heterocycles. The summed E-state index contributed by atoms with van der Waals surface area (Å²) in [6.45, 7) is 2.35. The van der Waals surface area contributed by atoms with Gasteiger partial charge in [0.25, 0.3) is 11.6 Å². The minimum absolute atomic E-state index is 0.00415. The van der Waals surface area contributed by atoms with Crippen molar-refractivity contribution < 1.29 is 9.72 Å². The first-order chi connectivity index (χ1) is 9.97. The van der Waals surface area contributed by atoms with E-state index in [4.69, 9.17) is 11.6 Å². The van der Waals surface area contributed by atoms with Crippen LogP contribution in [0.4, 0.5) is 5.69 Å². The zero-order valence-corrected chi connectivity index (χ0v) is 12.7. The van der Waals surface area contributed by atoms with Gasteiger partial charge in [0, 0.05) is 29.6 Å². The van der Waals surface area contributed by atoms with Crippen LogP contribution in [-0.4, -0.2) is 22.8 Å². The van der Waals surface area contributed by atoms with Crippen molar-refractivity contribution in [1.82, 2.24) is 5.32 Å². The van der Waals surface area contributed by atoms with Crippen LogP contribution in [0.15, 0.2) is 18.2 Å². The zero-order chi connectivity index (χ0) is 15.4. The van der Waals surface area contributed by atoms with E-state index in [0.29, 0.717) is 23.6 Å². The Balaban J connectivity index is 1.93. The molecule has 1 N–H and O–H groups in total. The van der Waals surface area contributed by atoms with Crippen LogP contribution in [0, 0.1) is 23.0 Å². The van der Waals surface area contributed by atoms with Gasteiger partial charge >= 0.3 is 0 Å². The Bertz CT molecular complexity index is 540. The fourth-order valence-electron chi connectivity index (χ4n) is 2.67. The summed E-state index contributed by atoms with van der Waals surface area (Å²) >= 11 is 6.06. The van der Waals surface area contributed by atoms with Crippen molar-refractivity contribution >= 4 is 23.2 Å². The summed E-state index contributed by atoms with van der Waals surface area (Å²) in [6.07, 6.45) is 4.07. The van der Waals surface area contributed by atoms with Gasteiger partial charge < -0.3 is 5.32 Å². The monoisotopic (exact) mass is 310 g/mol. The minimum Gasteiger partial charge on any atom is -0.352 e. The standard InChI is InChI=1S/C15H19ClN2O3/c1-10-8-13(18(20)21)6-7-14(10)15(19)17-9-11-2-4-12(16)5-3-11/h6-8,11-12H,2-5,9H2,1H3,(H,17,19). The number of carbonyl (C=O) groups is 1. The van der Waals surface area contributed by atoms with E-state index in [1.54, 1.807) is 6.92 Å². The largest absolute Gasteiger partial charge is 0.352 e. The third kappa shape index (κ3) is 4.17. The summed E-state index contributed by atoms with van der Waals surface area (Å²) in [6, 6.07) is 4.30. The molecular formula is C15H19ClN2O3. The number of hydrogen-bond acceptors (Lipinski definition) is 3. The molecule has 1 aliphatic carbocycles. The number of nitrogens with zero attached hydrogens (tertiary/aromatic N) is 1. The van der Waals surface area contributed by atoms with Gasteiger partial charge in [0.05, 0.1) is 4.92 Å². The molecule has 2 rings (SSSR count). The summed E-state index contributed by atoms with van der Waals surface area (Å²) in [7, 11) is 0. The lowest BCUT2D eigenvalue weighted by molar-refractivity contribution is -0.384. The van der Waals surface area contributed by atoms with Gasteiger partial charge in [-0.3, -0.25) is 14.9 Å². The van der Waals surface area contributed by atoms with Gasteiger partial charge in [-0.2, -0.15) is 0 Å². The normalized spacial score (nSPS) is 21.8. The van der Waals surface area contributed by atoms with E-state index in [-0.39, 0.29) is 17.0 Å². The maximum Gasteiger partial charge on any atom is 0.269 e. The van der Waals surface area contributed by atoms with Crippen LogP contribution in [0.2, 0.25) is 0 Å². The second-order valence-corrected chi connectivity index (χ2v) is 6.20. The van der Waals surface area contributed by atoms with E-state index in [1.807, 2.05) is 0 Å². The van der Waals surface area contributed by atoms with Gasteiger partial charge in [0.2, 0.25) is 0 Å². The molecule has 1 aromatic carbocycles. The highest BCUT2D eigenvalue weighted by atomic mass is 35.5. The average molecular weight is 311 g/mol. The fraction of sp³-hybridized carbons (Fsp3) is 0.533. The second kappa shape index (κ2) is 6.89. The van der Waals surface area contributed by atoms with Gasteiger partial charge in [-0.05, 0) is 50.2 Å². The molecule has 0 spiro atoms. The van der Waals surface area contributed by atoms with Crippen LogP contribution < -0.4 is 5.32 Å². The molecule has 0 aliphatic heterocycles. The molecule has 1 saturated carbocycles. The Kier molecular flexibility index (Phi) is 5.17. The number of benzene rings is 1. The number of rotatable bonds is 4. The Morgan fingerprint density at radius 3 is 2.62 bits per heavy atom. The van der Waals surface area contributed by atoms with Crippen molar-refractivity contribution in [3.8, 4) is 0 Å². The van der Waals surface area contributed by atoms with Gasteiger partial charge in [-0.1, -0.05) is 0 Å². The third-order valence-corrected chi connectivity index (χ3v) is 4.43. The molecule has 5 nitrogen and oxygen atoms in total. The van der Waals surface area contributed by atoms with Gasteiger partial charge in [0.1, 0.15) is 0 Å². The van der Waals surface area contributed by atoms with Crippen LogP contribution in [0.3, 0.4) is 0 Å². The lowest BCUT2D eigenvalue weighted by Crippen LogP contribution is -2.31. The first-order valence-corrected chi connectivity index (χ1v) is 7.58. The summed E-state index contributed by atoms with van der Waals surface area (Å²) in [4.78, 5) is 22.4. The molecule has 0 bridgehead atoms. The SMILES string of the molecule is Cc1cc([N+](=O)[O-])ccc1C(=O)NCC1CCC(Cl)CC1. The number of carbonyl (C=O) groups excluding carboxylic acids is 1. The molecule has 1 fully saturated rings. The molecule has 21 heavy (non-hydrogen) atoms. The molecule has 0 atom stereocenters. The number of non-ortho nitro benzene ring substituents is 1. The number of halogens is 1. The number of nitrogens with one attached hydrogen (secondary N) is 1. The van der Waals surface area contributed by atoms with Crippen molar-refractivity contribution in [2.75, 3.05) is 6.54 Å². The van der Waals surface area contributed by atoms with Crippen LogP contribution in [-0.2, 0) is 0 Å². The van der Waals surface area contributed by atoms with Crippen molar-refractivity contribution in [1.29, 1.82) is 0 Å². The van der Waals surface area contributed by atoms with E-state index in [9.17, 15) is 14.9 Å². The van der Waals surface area contributed by atoms with Crippen LogP contribution in [0.1, 0.15) is 41.6 Å². The van der Waals surface area contributed by atoms with Gasteiger partial charge in [-0.25, -0.2) is 0 Å². The lowest BCUT2D eigenvalue weighted by atomic mass is 9.89. The first-order valence-electron chi connectivity index (χ1n) is 7.14. The molecule has 114 valence electrons. The average Bonchev–Trinajstić information content (AvgIpc) is 2.46. The summed E-state index contributed by atoms with van der Waals surface area (Å²) in [5, 5.41) is 13.9. The number of hydrogen-bond donors (Lipinski definition) is 1. The van der Waals surface area contributed by atoms with E-state index < -0.39 is 4.92 Å². The van der Waals surface area contributed by atoms with Crippen molar-refractivity contribution in [2.24, 2.45) is 5.92 Å². The zero-order valence-electron chi connectivity index (χ0n) is 12.0. The number of alkyl halides is 1. The lowest BCUT2D eigenvalue weighted by Gasteiger charge is -2.25. The number of amides is 1. The summed E-state index contributed by atoms with van der Waals surface area (Å²) < 4.78 is 0. The number of aryl methyl sites for hydroxylation is 1. The first kappa shape index (κ1) is 15.8. The molecule has 0 unspecified atom stereocenters. The predicted molar refractivity (Wildman–Crippen MR) is 81.8 cm³/mol. The fourth-order valence-corrected chi connectivity index (χ4v) is 2.93. The molecule has 1 aromatic rings. The van der Waals surface area contributed by atoms with E-state index in [2.05, 4.69) is 5.32 Å². The summed E-state index contributed by atoms with van der Waals surface area (Å²) in [5.41, 5.74) is 1.11. The van der Waals surface area contributed by atoms with E-state index >= 15 is 0 Å². The topological polar surface area (TPSA) is 72.2 Å². The minimum atomic E-state index is -0.459. The Morgan fingerprint density at radius 1 is 1.38 bits per heavy atom. The van der Waals surface area contributed by atoms with E-state index in [0.717, 1.165) is 25.7 Å². The molecule has 0 aromatic heterocycles. The summed E-state index contributed by atoms with van der Waals surface area (Å²) in [5.74, 6) is 0.303. The van der Waals surface area contributed by atoms with E-state index in [1.165, 1.54) is 18.2 Å². The maximum atomic E-state index is 12.1. The predicted octanol–water partition coefficient (Wildman–Crippen LogP) is 3.43. The van der Waals surface area contributed by atoms with Gasteiger partial charge in [0.15, 0.2) is 0 Å². The Morgan fingerprint density at radius 2 is 2.05 bits per heavy atom. The highest BCUT2D eigenvalue weighted by Gasteiger charge is 2.20. The number of nitro groups is 1. The highest BCUT2D eigenvalue weighted by Crippen LogP contribution is 2.27. The Labute approximate surface area is 128 Å². The molecular weight excluding hydrogens is 292 g/mol. The van der Waals surface area contributed by atoms with Crippen LogP contribution in [0.5, 0.6) is 0 Å². The molecule has 1 aliphatic rings. The quantitative estimate of drug-likeness (QED) is 0.526. The van der Waals surface area contributed by atoms with Crippen molar-refractivity contribution in [2.45, 2.75) is 38.0 Å². The molecule has 1 amide bonds. The van der Waals surface area contributed by atoms with Crippen molar-refractivity contribution in [3.63, 3.8) is 0 Å². The molecule has 0 saturated heterocycles. The Hall–Kier alpha value is -1.62. The van der Waals surface area contributed by atoms with Gasteiger partial charge in [-0.15, -0.1) is 11.6 Å². The molecule has 6 heteroatoms. The molecule has 0 radical (unpaired) electrons. The van der Waals surface area contributed by atoms with Crippen LogP contribution >= 0.6 is 11.6 Å². The van der Waals surface area contributed by atoms with Crippen molar-refractivity contribution in [3.05, 3.63) is 39.4 Å². The second-order valence-electron chi connectivity index (χ2n) is 5.58. The van der Waals surface area contributed by atoms with Crippen LogP contribution in [0.25, 0.3) is 0 Å². The smallest absolute Gasteiger partial charge is 0.269 e. The maximum absolute atomic E-state index is 12.1. The number of nitro benzene ring substituents is 1. The third-order valence-electron chi connectivity index (χ3n) is 3.99. The highest BCUT2D eigenvalue weighted by molar-refractivity contribution is 6.20.